The van der Waals surface area contributed by atoms with Crippen molar-refractivity contribution < 1.29 is 0 Å². The number of aryl methyl sites for hydroxylation is 2. The lowest BCUT2D eigenvalue weighted by atomic mass is 10.0. The van der Waals surface area contributed by atoms with E-state index in [0.29, 0.717) is 5.56 Å². The monoisotopic (exact) mass is 251 g/mol. The number of aromatic nitrogens is 1. The van der Waals surface area contributed by atoms with Gasteiger partial charge in [0.15, 0.2) is 0 Å². The van der Waals surface area contributed by atoms with Crippen molar-refractivity contribution in [2.24, 2.45) is 0 Å². The zero-order valence-electron chi connectivity index (χ0n) is 11.4. The number of fused-ring (bicyclic) bond motifs is 1. The van der Waals surface area contributed by atoms with E-state index in [9.17, 15) is 5.26 Å². The molecule has 0 amide bonds. The Hall–Kier alpha value is -2.08. The molecule has 1 aliphatic heterocycles. The normalized spacial score (nSPS) is 14.9. The van der Waals surface area contributed by atoms with Crippen LogP contribution in [0.1, 0.15) is 29.5 Å². The van der Waals surface area contributed by atoms with E-state index in [1.807, 2.05) is 6.07 Å². The summed E-state index contributed by atoms with van der Waals surface area (Å²) in [5.41, 5.74) is 4.17. The molecule has 2 heterocycles. The van der Waals surface area contributed by atoms with Crippen molar-refractivity contribution in [2.45, 2.75) is 26.7 Å². The van der Waals surface area contributed by atoms with Gasteiger partial charge >= 0.3 is 0 Å². The minimum atomic E-state index is 0.692. The molecule has 0 aliphatic carbocycles. The van der Waals surface area contributed by atoms with Gasteiger partial charge in [-0.2, -0.15) is 5.26 Å². The third-order valence-corrected chi connectivity index (χ3v) is 3.94. The summed E-state index contributed by atoms with van der Waals surface area (Å²) in [6.45, 7) is 6.22. The molecule has 3 heteroatoms. The van der Waals surface area contributed by atoms with Crippen LogP contribution in [0.3, 0.4) is 0 Å². The summed E-state index contributed by atoms with van der Waals surface area (Å²) in [4.78, 5) is 6.96. The van der Waals surface area contributed by atoms with E-state index in [1.54, 1.807) is 0 Å². The van der Waals surface area contributed by atoms with Crippen LogP contribution in [-0.4, -0.2) is 18.1 Å². The van der Waals surface area contributed by atoms with Gasteiger partial charge in [-0.3, -0.25) is 0 Å². The first-order chi connectivity index (χ1) is 9.19. The molecule has 0 N–H and O–H groups in total. The summed E-state index contributed by atoms with van der Waals surface area (Å²) in [6.07, 6.45) is 2.38. The number of hydrogen-bond acceptors (Lipinski definition) is 3. The van der Waals surface area contributed by atoms with Crippen LogP contribution in [0, 0.1) is 25.2 Å². The van der Waals surface area contributed by atoms with Crippen molar-refractivity contribution in [3.63, 3.8) is 0 Å². The fourth-order valence-electron chi connectivity index (χ4n) is 2.68. The lowest BCUT2D eigenvalue weighted by molar-refractivity contribution is 0.940. The van der Waals surface area contributed by atoms with Crippen molar-refractivity contribution in [3.8, 4) is 6.07 Å². The molecule has 0 atom stereocenters. The Bertz CT molecular complexity index is 676. The second-order valence-electron chi connectivity index (χ2n) is 5.29. The van der Waals surface area contributed by atoms with Crippen LogP contribution >= 0.6 is 0 Å². The van der Waals surface area contributed by atoms with Gasteiger partial charge in [-0.1, -0.05) is 0 Å². The van der Waals surface area contributed by atoms with Crippen LogP contribution in [0.4, 0.5) is 5.82 Å². The standard InChI is InChI=1S/C16H17N3/c1-11-7-13-9-14(10-17)16(19-5-3-4-6-19)18-15(13)8-12(11)2/h7-9H,3-6H2,1-2H3. The largest absolute Gasteiger partial charge is 0.356 e. The fourth-order valence-corrected chi connectivity index (χ4v) is 2.68. The first-order valence-electron chi connectivity index (χ1n) is 6.76. The van der Waals surface area contributed by atoms with Crippen LogP contribution < -0.4 is 4.90 Å². The molecule has 3 nitrogen and oxygen atoms in total. The molecule has 0 bridgehead atoms. The zero-order valence-corrected chi connectivity index (χ0v) is 11.4. The minimum Gasteiger partial charge on any atom is -0.356 e. The quantitative estimate of drug-likeness (QED) is 0.780. The second-order valence-corrected chi connectivity index (χ2v) is 5.29. The average Bonchev–Trinajstić information content (AvgIpc) is 2.92. The number of nitrogens with zero attached hydrogens (tertiary/aromatic N) is 3. The van der Waals surface area contributed by atoms with E-state index in [2.05, 4.69) is 36.9 Å². The van der Waals surface area contributed by atoms with Crippen molar-refractivity contribution in [2.75, 3.05) is 18.0 Å². The highest BCUT2D eigenvalue weighted by Crippen LogP contribution is 2.27. The lowest BCUT2D eigenvalue weighted by Gasteiger charge is -2.18. The van der Waals surface area contributed by atoms with Crippen molar-refractivity contribution in [1.82, 2.24) is 4.98 Å². The van der Waals surface area contributed by atoms with E-state index in [4.69, 9.17) is 4.98 Å². The molecule has 1 aromatic heterocycles. The smallest absolute Gasteiger partial charge is 0.147 e. The van der Waals surface area contributed by atoms with Gasteiger partial charge in [-0.25, -0.2) is 4.98 Å². The predicted octanol–water partition coefficient (Wildman–Crippen LogP) is 3.32. The average molecular weight is 251 g/mol. The maximum absolute atomic E-state index is 9.35. The molecule has 2 aromatic rings. The van der Waals surface area contributed by atoms with E-state index in [0.717, 1.165) is 29.8 Å². The summed E-state index contributed by atoms with van der Waals surface area (Å²) < 4.78 is 0. The summed E-state index contributed by atoms with van der Waals surface area (Å²) in [7, 11) is 0. The first kappa shape index (κ1) is 12.0. The Labute approximate surface area is 113 Å². The summed E-state index contributed by atoms with van der Waals surface area (Å²) in [5, 5.41) is 10.4. The number of benzene rings is 1. The highest BCUT2D eigenvalue weighted by Gasteiger charge is 2.18. The van der Waals surface area contributed by atoms with Gasteiger partial charge in [-0.15, -0.1) is 0 Å². The lowest BCUT2D eigenvalue weighted by Crippen LogP contribution is -2.20. The third kappa shape index (κ3) is 2.04. The number of anilines is 1. The SMILES string of the molecule is Cc1cc2cc(C#N)c(N3CCCC3)nc2cc1C. The molecule has 1 fully saturated rings. The van der Waals surface area contributed by atoms with Crippen molar-refractivity contribution in [1.29, 1.82) is 5.26 Å². The molecular weight excluding hydrogens is 234 g/mol. The highest BCUT2D eigenvalue weighted by atomic mass is 15.2. The molecule has 1 aliphatic rings. The number of nitriles is 1. The van der Waals surface area contributed by atoms with Gasteiger partial charge in [0.1, 0.15) is 11.9 Å². The van der Waals surface area contributed by atoms with E-state index < -0.39 is 0 Å². The predicted molar refractivity (Wildman–Crippen MR) is 77.4 cm³/mol. The van der Waals surface area contributed by atoms with Gasteiger partial charge in [0.2, 0.25) is 0 Å². The molecule has 1 aromatic carbocycles. The number of pyridine rings is 1. The van der Waals surface area contributed by atoms with E-state index >= 15 is 0 Å². The summed E-state index contributed by atoms with van der Waals surface area (Å²) in [6, 6.07) is 8.50. The van der Waals surface area contributed by atoms with Gasteiger partial charge in [0.05, 0.1) is 11.1 Å². The van der Waals surface area contributed by atoms with E-state index in [-0.39, 0.29) is 0 Å². The maximum Gasteiger partial charge on any atom is 0.147 e. The van der Waals surface area contributed by atoms with Crippen LogP contribution in [-0.2, 0) is 0 Å². The Morgan fingerprint density at radius 1 is 1.11 bits per heavy atom. The molecule has 96 valence electrons. The highest BCUT2D eigenvalue weighted by molar-refractivity contribution is 5.84. The molecule has 0 unspecified atom stereocenters. The van der Waals surface area contributed by atoms with Crippen LogP contribution in [0.5, 0.6) is 0 Å². The number of rotatable bonds is 1. The molecule has 3 rings (SSSR count). The zero-order chi connectivity index (χ0) is 13.4. The molecule has 0 spiro atoms. The summed E-state index contributed by atoms with van der Waals surface area (Å²) >= 11 is 0. The Morgan fingerprint density at radius 3 is 2.47 bits per heavy atom. The van der Waals surface area contributed by atoms with Crippen molar-refractivity contribution in [3.05, 3.63) is 34.9 Å². The van der Waals surface area contributed by atoms with Gasteiger partial charge in [-0.05, 0) is 56.0 Å². The minimum absolute atomic E-state index is 0.692. The van der Waals surface area contributed by atoms with Crippen molar-refractivity contribution >= 4 is 16.7 Å². The van der Waals surface area contributed by atoms with E-state index in [1.165, 1.54) is 24.0 Å². The Kier molecular flexibility index (Phi) is 2.87. The van der Waals surface area contributed by atoms with Crippen LogP contribution in [0.25, 0.3) is 10.9 Å². The van der Waals surface area contributed by atoms with Crippen LogP contribution in [0.2, 0.25) is 0 Å². The Morgan fingerprint density at radius 2 is 1.79 bits per heavy atom. The molecular formula is C16H17N3. The third-order valence-electron chi connectivity index (χ3n) is 3.94. The first-order valence-corrected chi connectivity index (χ1v) is 6.76. The second kappa shape index (κ2) is 4.55. The topological polar surface area (TPSA) is 39.9 Å². The van der Waals surface area contributed by atoms with Crippen LogP contribution in [0.15, 0.2) is 18.2 Å². The number of hydrogen-bond donors (Lipinski definition) is 0. The van der Waals surface area contributed by atoms with Gasteiger partial charge in [0, 0.05) is 18.5 Å². The fraction of sp³-hybridized carbons (Fsp3) is 0.375. The summed E-state index contributed by atoms with van der Waals surface area (Å²) in [5.74, 6) is 0.857. The molecule has 0 saturated carbocycles. The molecule has 19 heavy (non-hydrogen) atoms. The maximum atomic E-state index is 9.35. The van der Waals surface area contributed by atoms with Gasteiger partial charge < -0.3 is 4.90 Å². The van der Waals surface area contributed by atoms with Gasteiger partial charge in [0.25, 0.3) is 0 Å². The molecule has 0 radical (unpaired) electrons. The molecule has 1 saturated heterocycles. The Balaban J connectivity index is 2.21.